The number of aromatic amines is 1. The molecule has 1 N–H and O–H groups in total. The molecule has 6 aromatic rings. The van der Waals surface area contributed by atoms with Crippen molar-refractivity contribution in [2.24, 2.45) is 0 Å². The van der Waals surface area contributed by atoms with E-state index in [-0.39, 0.29) is 12.1 Å². The van der Waals surface area contributed by atoms with Crippen LogP contribution >= 0.6 is 0 Å². The molecule has 0 saturated carbocycles. The molecule has 0 aliphatic carbocycles. The molecule has 0 fully saturated rings. The van der Waals surface area contributed by atoms with E-state index >= 15 is 0 Å². The summed E-state index contributed by atoms with van der Waals surface area (Å²) in [5.41, 5.74) is 4.75. The van der Waals surface area contributed by atoms with Gasteiger partial charge in [-0.15, -0.1) is 10.2 Å². The van der Waals surface area contributed by atoms with Crippen molar-refractivity contribution in [3.63, 3.8) is 0 Å². The molecule has 3 aromatic heterocycles. The van der Waals surface area contributed by atoms with Crippen molar-refractivity contribution in [2.45, 2.75) is 39.4 Å². The topological polar surface area (TPSA) is 126 Å². The van der Waals surface area contributed by atoms with E-state index in [0.717, 1.165) is 33.6 Å². The molecule has 0 amide bonds. The van der Waals surface area contributed by atoms with Gasteiger partial charge in [0, 0.05) is 25.6 Å². The van der Waals surface area contributed by atoms with Gasteiger partial charge in [0.1, 0.15) is 5.82 Å². The molecule has 0 saturated heterocycles. The molecule has 0 bridgehead atoms. The number of imidazole rings is 1. The number of aromatic nitrogens is 8. The fraction of sp³-hybridized carbons (Fsp3) is 0.250. The lowest BCUT2D eigenvalue weighted by atomic mass is 9.98. The Morgan fingerprint density at radius 2 is 1.63 bits per heavy atom. The number of fused-ring (bicyclic) bond motifs is 1. The van der Waals surface area contributed by atoms with Crippen LogP contribution < -0.4 is 11.2 Å². The van der Waals surface area contributed by atoms with Crippen LogP contribution in [0.4, 0.5) is 0 Å². The zero-order chi connectivity index (χ0) is 29.9. The average molecular weight is 577 g/mol. The zero-order valence-electron chi connectivity index (χ0n) is 24.3. The molecule has 11 nitrogen and oxygen atoms in total. The van der Waals surface area contributed by atoms with Gasteiger partial charge in [-0.1, -0.05) is 85.8 Å². The second kappa shape index (κ2) is 12.0. The highest BCUT2D eigenvalue weighted by atomic mass is 16.5. The third-order valence-electron chi connectivity index (χ3n) is 7.77. The summed E-state index contributed by atoms with van der Waals surface area (Å²) >= 11 is 0. The normalized spacial score (nSPS) is 12.2. The molecule has 218 valence electrons. The number of benzene rings is 3. The zero-order valence-corrected chi connectivity index (χ0v) is 24.3. The summed E-state index contributed by atoms with van der Waals surface area (Å²) in [7, 11) is 1.59. The SMILES string of the molecule is CCc1nc2c(c(=O)n(C(C)c3ccccc3)c(=O)n2CCOC)n1Cc1ccc(-c2ccccc2-c2nn[nH]n2)cc1. The fourth-order valence-corrected chi connectivity index (χ4v) is 5.53. The molecule has 43 heavy (non-hydrogen) atoms. The highest BCUT2D eigenvalue weighted by Crippen LogP contribution is 2.30. The first-order valence-corrected chi connectivity index (χ1v) is 14.2. The standard InChI is InChI=1S/C32H32N8O3/c1-4-27-33-30-28(31(41)40(32(42)38(30)18-19-43-3)21(2)23-10-6-5-7-11-23)39(27)20-22-14-16-24(17-15-22)25-12-8-9-13-26(25)29-34-36-37-35-29/h5-17,21H,4,18-20H2,1-3H3,(H,34,35,36,37). The third-order valence-corrected chi connectivity index (χ3v) is 7.77. The van der Waals surface area contributed by atoms with Crippen LogP contribution in [-0.2, 0) is 24.2 Å². The molecule has 1 atom stereocenters. The van der Waals surface area contributed by atoms with Crippen LogP contribution in [0.2, 0.25) is 0 Å². The second-order valence-electron chi connectivity index (χ2n) is 10.3. The van der Waals surface area contributed by atoms with Crippen molar-refractivity contribution in [1.29, 1.82) is 0 Å². The molecule has 11 heteroatoms. The lowest BCUT2D eigenvalue weighted by Crippen LogP contribution is -2.43. The van der Waals surface area contributed by atoms with E-state index in [2.05, 4.69) is 20.6 Å². The van der Waals surface area contributed by atoms with Gasteiger partial charge in [0.2, 0.25) is 5.82 Å². The molecule has 0 radical (unpaired) electrons. The number of hydrogen-bond donors (Lipinski definition) is 1. The quantitative estimate of drug-likeness (QED) is 0.261. The maximum absolute atomic E-state index is 14.2. The van der Waals surface area contributed by atoms with Crippen LogP contribution in [0.15, 0.2) is 88.5 Å². The van der Waals surface area contributed by atoms with Crippen molar-refractivity contribution < 1.29 is 4.74 Å². The van der Waals surface area contributed by atoms with Gasteiger partial charge in [-0.3, -0.25) is 13.9 Å². The first-order valence-electron chi connectivity index (χ1n) is 14.2. The molecule has 0 aliphatic heterocycles. The predicted molar refractivity (Wildman–Crippen MR) is 164 cm³/mol. The summed E-state index contributed by atoms with van der Waals surface area (Å²) < 4.78 is 10.1. The number of rotatable bonds is 10. The van der Waals surface area contributed by atoms with Crippen LogP contribution in [0.3, 0.4) is 0 Å². The molecule has 3 heterocycles. The number of nitrogens with one attached hydrogen (secondary N) is 1. The highest BCUT2D eigenvalue weighted by Gasteiger charge is 2.24. The lowest BCUT2D eigenvalue weighted by Gasteiger charge is -2.18. The van der Waals surface area contributed by atoms with Crippen molar-refractivity contribution in [3.8, 4) is 22.5 Å². The summed E-state index contributed by atoms with van der Waals surface area (Å²) in [4.78, 5) is 32.8. The Hall–Kier alpha value is -5.16. The fourth-order valence-electron chi connectivity index (χ4n) is 5.53. The second-order valence-corrected chi connectivity index (χ2v) is 10.3. The number of hydrogen-bond acceptors (Lipinski definition) is 7. The first-order chi connectivity index (χ1) is 21.0. The van der Waals surface area contributed by atoms with E-state index in [1.54, 1.807) is 11.7 Å². The Bertz CT molecular complexity index is 1970. The number of tetrazole rings is 1. The summed E-state index contributed by atoms with van der Waals surface area (Å²) in [6, 6.07) is 25.2. The largest absolute Gasteiger partial charge is 0.383 e. The number of aryl methyl sites for hydroxylation is 1. The maximum atomic E-state index is 14.2. The van der Waals surface area contributed by atoms with Gasteiger partial charge in [-0.05, 0) is 34.4 Å². The van der Waals surface area contributed by atoms with E-state index in [9.17, 15) is 9.59 Å². The van der Waals surface area contributed by atoms with E-state index in [4.69, 9.17) is 9.72 Å². The number of ether oxygens (including phenoxy) is 1. The summed E-state index contributed by atoms with van der Waals surface area (Å²) in [6.07, 6.45) is 0.594. The first kappa shape index (κ1) is 28.0. The molecule has 1 unspecified atom stereocenters. The lowest BCUT2D eigenvalue weighted by molar-refractivity contribution is 0.186. The Morgan fingerprint density at radius 1 is 0.907 bits per heavy atom. The molecular weight excluding hydrogens is 544 g/mol. The average Bonchev–Trinajstić information content (AvgIpc) is 3.71. The Kier molecular flexibility index (Phi) is 7.80. The van der Waals surface area contributed by atoms with Crippen LogP contribution in [0.25, 0.3) is 33.7 Å². The van der Waals surface area contributed by atoms with Gasteiger partial charge >= 0.3 is 5.69 Å². The van der Waals surface area contributed by atoms with Crippen molar-refractivity contribution >= 4 is 11.2 Å². The number of nitrogens with zero attached hydrogens (tertiary/aromatic N) is 7. The molecular formula is C32H32N8O3. The minimum atomic E-state index is -0.466. The monoisotopic (exact) mass is 576 g/mol. The number of H-pyrrole nitrogens is 1. The van der Waals surface area contributed by atoms with Crippen molar-refractivity contribution in [2.75, 3.05) is 13.7 Å². The van der Waals surface area contributed by atoms with Crippen LogP contribution in [0, 0.1) is 0 Å². The summed E-state index contributed by atoms with van der Waals surface area (Å²) in [5.74, 6) is 1.26. The van der Waals surface area contributed by atoms with Gasteiger partial charge in [0.15, 0.2) is 11.2 Å². The Labute approximate surface area is 247 Å². The van der Waals surface area contributed by atoms with Crippen LogP contribution in [-0.4, -0.2) is 53.0 Å². The minimum absolute atomic E-state index is 0.280. The van der Waals surface area contributed by atoms with Gasteiger partial charge in [-0.2, -0.15) is 5.21 Å². The minimum Gasteiger partial charge on any atom is -0.383 e. The molecule has 0 aliphatic rings. The van der Waals surface area contributed by atoms with Gasteiger partial charge < -0.3 is 9.30 Å². The van der Waals surface area contributed by atoms with E-state index in [1.807, 2.05) is 97.3 Å². The van der Waals surface area contributed by atoms with Gasteiger partial charge in [0.25, 0.3) is 5.56 Å². The van der Waals surface area contributed by atoms with Gasteiger partial charge in [0.05, 0.1) is 19.2 Å². The van der Waals surface area contributed by atoms with E-state index in [0.29, 0.717) is 36.6 Å². The molecule has 0 spiro atoms. The van der Waals surface area contributed by atoms with Crippen LogP contribution in [0.5, 0.6) is 0 Å². The van der Waals surface area contributed by atoms with Crippen LogP contribution in [0.1, 0.15) is 36.8 Å². The molecule has 6 rings (SSSR count). The Morgan fingerprint density at radius 3 is 2.30 bits per heavy atom. The Balaban J connectivity index is 1.45. The smallest absolute Gasteiger partial charge is 0.333 e. The predicted octanol–water partition coefficient (Wildman–Crippen LogP) is 4.07. The van der Waals surface area contributed by atoms with E-state index < -0.39 is 11.7 Å². The maximum Gasteiger partial charge on any atom is 0.333 e. The summed E-state index contributed by atoms with van der Waals surface area (Å²) in [5, 5.41) is 14.5. The highest BCUT2D eigenvalue weighted by molar-refractivity contribution is 5.80. The molecule has 3 aromatic carbocycles. The van der Waals surface area contributed by atoms with Crippen molar-refractivity contribution in [1.82, 2.24) is 39.3 Å². The number of methoxy groups -OCH3 is 1. The third kappa shape index (κ3) is 5.19. The van der Waals surface area contributed by atoms with Gasteiger partial charge in [-0.25, -0.2) is 9.78 Å². The van der Waals surface area contributed by atoms with Crippen molar-refractivity contribution in [3.05, 3.63) is 117 Å². The summed E-state index contributed by atoms with van der Waals surface area (Å²) in [6.45, 7) is 4.88. The van der Waals surface area contributed by atoms with E-state index in [1.165, 1.54) is 4.57 Å².